The maximum atomic E-state index is 4.88. The Bertz CT molecular complexity index is 771. The minimum Gasteiger partial charge on any atom is -0.369 e. The molecule has 0 unspecified atom stereocenters. The Kier molecular flexibility index (Phi) is 3.04. The average molecular weight is 295 g/mol. The second-order valence-electron chi connectivity index (χ2n) is 5.46. The Morgan fingerprint density at radius 3 is 3.05 bits per heavy atom. The number of aryl methyl sites for hydroxylation is 1. The lowest BCUT2D eigenvalue weighted by Gasteiger charge is -2.07. The zero-order chi connectivity index (χ0) is 14.2. The molecule has 4 heteroatoms. The highest BCUT2D eigenvalue weighted by Crippen LogP contribution is 2.30. The van der Waals surface area contributed by atoms with Crippen molar-refractivity contribution in [3.05, 3.63) is 63.5 Å². The van der Waals surface area contributed by atoms with Crippen LogP contribution in [0.2, 0.25) is 0 Å². The standard InChI is InChI=1S/C17H17N3S/c1-12-4-2-5-13(10-12)20-17-15(7-8-18-17)16(19-20)11-14-6-3-9-21-14/h2-6,9-10,18H,7-8,11H2,1H3. The number of benzene rings is 1. The maximum absolute atomic E-state index is 4.88. The van der Waals surface area contributed by atoms with Gasteiger partial charge in [0.05, 0.1) is 11.4 Å². The average Bonchev–Trinajstić information content (AvgIpc) is 3.18. The number of fused-ring (bicyclic) bond motifs is 1. The molecule has 0 atom stereocenters. The largest absolute Gasteiger partial charge is 0.369 e. The molecule has 1 aromatic carbocycles. The van der Waals surface area contributed by atoms with Crippen LogP contribution in [0.5, 0.6) is 0 Å². The van der Waals surface area contributed by atoms with Gasteiger partial charge in [0.2, 0.25) is 0 Å². The third kappa shape index (κ3) is 2.25. The van der Waals surface area contributed by atoms with E-state index in [1.54, 1.807) is 11.3 Å². The molecule has 3 aromatic rings. The first kappa shape index (κ1) is 12.7. The summed E-state index contributed by atoms with van der Waals surface area (Å²) in [5, 5.41) is 10.5. The molecule has 21 heavy (non-hydrogen) atoms. The van der Waals surface area contributed by atoms with Gasteiger partial charge in [-0.25, -0.2) is 4.68 Å². The minimum atomic E-state index is 0.931. The fourth-order valence-electron chi connectivity index (χ4n) is 2.91. The molecule has 1 aliphatic rings. The van der Waals surface area contributed by atoms with Crippen LogP contribution in [0.1, 0.15) is 21.7 Å². The first-order valence-corrected chi connectivity index (χ1v) is 8.13. The van der Waals surface area contributed by atoms with Crippen molar-refractivity contribution in [2.24, 2.45) is 0 Å². The van der Waals surface area contributed by atoms with E-state index in [1.807, 2.05) is 0 Å². The van der Waals surface area contributed by atoms with Crippen molar-refractivity contribution < 1.29 is 0 Å². The Balaban J connectivity index is 1.79. The second kappa shape index (κ2) is 5.04. The van der Waals surface area contributed by atoms with Crippen LogP contribution >= 0.6 is 11.3 Å². The van der Waals surface area contributed by atoms with Crippen molar-refractivity contribution in [2.45, 2.75) is 19.8 Å². The molecule has 1 N–H and O–H groups in total. The van der Waals surface area contributed by atoms with Gasteiger partial charge in [-0.05, 0) is 42.5 Å². The number of anilines is 1. The van der Waals surface area contributed by atoms with Gasteiger partial charge in [-0.15, -0.1) is 11.3 Å². The number of thiophene rings is 1. The summed E-state index contributed by atoms with van der Waals surface area (Å²) in [6.45, 7) is 3.13. The molecule has 0 amide bonds. The Labute approximate surface area is 128 Å². The van der Waals surface area contributed by atoms with Crippen molar-refractivity contribution in [3.63, 3.8) is 0 Å². The van der Waals surface area contributed by atoms with E-state index in [9.17, 15) is 0 Å². The Hall–Kier alpha value is -2.07. The lowest BCUT2D eigenvalue weighted by Crippen LogP contribution is -2.05. The van der Waals surface area contributed by atoms with E-state index in [0.29, 0.717) is 0 Å². The fourth-order valence-corrected chi connectivity index (χ4v) is 3.62. The summed E-state index contributed by atoms with van der Waals surface area (Å²) < 4.78 is 2.07. The lowest BCUT2D eigenvalue weighted by molar-refractivity contribution is 0.841. The first-order chi connectivity index (χ1) is 10.3. The summed E-state index contributed by atoms with van der Waals surface area (Å²) >= 11 is 1.80. The highest BCUT2D eigenvalue weighted by Gasteiger charge is 2.23. The number of hydrogen-bond acceptors (Lipinski definition) is 3. The van der Waals surface area contributed by atoms with Crippen LogP contribution in [-0.2, 0) is 12.8 Å². The maximum Gasteiger partial charge on any atom is 0.133 e. The van der Waals surface area contributed by atoms with Crippen LogP contribution in [0.4, 0.5) is 5.82 Å². The summed E-state index contributed by atoms with van der Waals surface area (Å²) in [6, 6.07) is 12.8. The van der Waals surface area contributed by atoms with E-state index >= 15 is 0 Å². The molecule has 0 spiro atoms. The van der Waals surface area contributed by atoms with Gasteiger partial charge in [0.15, 0.2) is 0 Å². The smallest absolute Gasteiger partial charge is 0.133 e. The Morgan fingerprint density at radius 1 is 1.29 bits per heavy atom. The molecule has 4 rings (SSSR count). The monoisotopic (exact) mass is 295 g/mol. The van der Waals surface area contributed by atoms with E-state index in [0.717, 1.165) is 25.1 Å². The molecule has 2 aromatic heterocycles. The number of nitrogens with one attached hydrogen (secondary N) is 1. The van der Waals surface area contributed by atoms with Crippen LogP contribution in [0.15, 0.2) is 41.8 Å². The number of hydrogen-bond donors (Lipinski definition) is 1. The second-order valence-corrected chi connectivity index (χ2v) is 6.49. The van der Waals surface area contributed by atoms with Crippen molar-refractivity contribution in [1.29, 1.82) is 0 Å². The van der Waals surface area contributed by atoms with Gasteiger partial charge < -0.3 is 5.32 Å². The van der Waals surface area contributed by atoms with Gasteiger partial charge in [0.25, 0.3) is 0 Å². The SMILES string of the molecule is Cc1cccc(-n2nc(Cc3cccs3)c3c2NCC3)c1. The molecular formula is C17H17N3S. The van der Waals surface area contributed by atoms with Crippen LogP contribution in [0, 0.1) is 6.92 Å². The molecule has 106 valence electrons. The molecule has 3 nitrogen and oxygen atoms in total. The predicted octanol–water partition coefficient (Wildman–Crippen LogP) is 3.80. The van der Waals surface area contributed by atoms with Crippen molar-refractivity contribution in [1.82, 2.24) is 9.78 Å². The molecule has 0 radical (unpaired) electrons. The van der Waals surface area contributed by atoms with Gasteiger partial charge in [-0.2, -0.15) is 5.10 Å². The molecular weight excluding hydrogens is 278 g/mol. The van der Waals surface area contributed by atoms with Gasteiger partial charge in [-0.1, -0.05) is 18.2 Å². The molecule has 0 fully saturated rings. The zero-order valence-corrected chi connectivity index (χ0v) is 12.8. The number of nitrogens with zero attached hydrogens (tertiary/aromatic N) is 2. The minimum absolute atomic E-state index is 0.931. The van der Waals surface area contributed by atoms with Gasteiger partial charge in [0, 0.05) is 23.4 Å². The highest BCUT2D eigenvalue weighted by molar-refractivity contribution is 7.09. The topological polar surface area (TPSA) is 29.9 Å². The Morgan fingerprint density at radius 2 is 2.24 bits per heavy atom. The number of aromatic nitrogens is 2. The summed E-state index contributed by atoms with van der Waals surface area (Å²) in [5.41, 5.74) is 4.98. The third-order valence-corrected chi connectivity index (χ3v) is 4.78. The van der Waals surface area contributed by atoms with Crippen LogP contribution in [0.25, 0.3) is 5.69 Å². The van der Waals surface area contributed by atoms with E-state index in [1.165, 1.54) is 27.5 Å². The predicted molar refractivity (Wildman–Crippen MR) is 87.6 cm³/mol. The summed E-state index contributed by atoms with van der Waals surface area (Å²) in [4.78, 5) is 1.37. The summed E-state index contributed by atoms with van der Waals surface area (Å²) in [7, 11) is 0. The van der Waals surface area contributed by atoms with E-state index in [-0.39, 0.29) is 0 Å². The van der Waals surface area contributed by atoms with Crippen LogP contribution in [0.3, 0.4) is 0 Å². The van der Waals surface area contributed by atoms with Crippen molar-refractivity contribution in [3.8, 4) is 5.69 Å². The van der Waals surface area contributed by atoms with E-state index in [2.05, 4.69) is 58.7 Å². The normalized spacial score (nSPS) is 13.2. The van der Waals surface area contributed by atoms with Gasteiger partial charge in [-0.3, -0.25) is 0 Å². The van der Waals surface area contributed by atoms with Crippen molar-refractivity contribution >= 4 is 17.2 Å². The van der Waals surface area contributed by atoms with Crippen LogP contribution in [-0.4, -0.2) is 16.3 Å². The molecule has 3 heterocycles. The van der Waals surface area contributed by atoms with Crippen LogP contribution < -0.4 is 5.32 Å². The van der Waals surface area contributed by atoms with Gasteiger partial charge >= 0.3 is 0 Å². The van der Waals surface area contributed by atoms with Crippen molar-refractivity contribution in [2.75, 3.05) is 11.9 Å². The molecule has 0 saturated heterocycles. The van der Waals surface area contributed by atoms with Gasteiger partial charge in [0.1, 0.15) is 5.82 Å². The zero-order valence-electron chi connectivity index (χ0n) is 12.0. The quantitative estimate of drug-likeness (QED) is 0.796. The summed E-state index contributed by atoms with van der Waals surface area (Å²) in [6.07, 6.45) is 2.00. The van der Waals surface area contributed by atoms with E-state index in [4.69, 9.17) is 5.10 Å². The lowest BCUT2D eigenvalue weighted by atomic mass is 10.1. The molecule has 0 aliphatic carbocycles. The third-order valence-electron chi connectivity index (χ3n) is 3.90. The number of rotatable bonds is 3. The highest BCUT2D eigenvalue weighted by atomic mass is 32.1. The molecule has 0 saturated carbocycles. The fraction of sp³-hybridized carbons (Fsp3) is 0.235. The molecule has 0 bridgehead atoms. The van der Waals surface area contributed by atoms with E-state index < -0.39 is 0 Å². The summed E-state index contributed by atoms with van der Waals surface area (Å²) in [5.74, 6) is 1.17. The molecule has 1 aliphatic heterocycles. The first-order valence-electron chi connectivity index (χ1n) is 7.25.